The van der Waals surface area contributed by atoms with Gasteiger partial charge in [0.25, 0.3) is 5.91 Å². The van der Waals surface area contributed by atoms with Gasteiger partial charge in [-0.25, -0.2) is 12.7 Å². The molecule has 1 aromatic rings. The van der Waals surface area contributed by atoms with Crippen LogP contribution in [-0.4, -0.2) is 57.7 Å². The number of carbonyl (C=O) groups excluding carboxylic acids is 1. The molecule has 0 spiro atoms. The van der Waals surface area contributed by atoms with Crippen LogP contribution in [0.5, 0.6) is 0 Å². The molecule has 0 unspecified atom stereocenters. The van der Waals surface area contributed by atoms with E-state index in [9.17, 15) is 13.2 Å². The van der Waals surface area contributed by atoms with Crippen LogP contribution < -0.4 is 5.32 Å². The van der Waals surface area contributed by atoms with Gasteiger partial charge in [-0.05, 0) is 19.1 Å². The van der Waals surface area contributed by atoms with Crippen molar-refractivity contribution in [2.45, 2.75) is 13.0 Å². The van der Waals surface area contributed by atoms with Crippen LogP contribution in [0.4, 0.5) is 0 Å². The maximum absolute atomic E-state index is 12.1. The number of nitrogens with one attached hydrogen (secondary N) is 1. The number of carbonyl (C=O) groups is 1. The Morgan fingerprint density at radius 3 is 2.71 bits per heavy atom. The van der Waals surface area contributed by atoms with E-state index in [1.54, 1.807) is 6.07 Å². The van der Waals surface area contributed by atoms with Crippen LogP contribution in [0.15, 0.2) is 12.1 Å². The predicted molar refractivity (Wildman–Crippen MR) is 82.1 cm³/mol. The van der Waals surface area contributed by atoms with Crippen LogP contribution in [0.2, 0.25) is 0 Å². The minimum absolute atomic E-state index is 0.0194. The van der Waals surface area contributed by atoms with Crippen LogP contribution in [-0.2, 0) is 14.8 Å². The van der Waals surface area contributed by atoms with E-state index in [2.05, 4.69) is 5.32 Å². The molecule has 0 aromatic carbocycles. The molecule has 0 bridgehead atoms. The van der Waals surface area contributed by atoms with Gasteiger partial charge in [-0.1, -0.05) is 0 Å². The van der Waals surface area contributed by atoms with Crippen LogP contribution in [0, 0.1) is 12.8 Å². The number of hydrogen-bond donors (Lipinski definition) is 1. The van der Waals surface area contributed by atoms with Crippen molar-refractivity contribution < 1.29 is 17.9 Å². The zero-order valence-corrected chi connectivity index (χ0v) is 14.0. The molecule has 6 nitrogen and oxygen atoms in total. The lowest BCUT2D eigenvalue weighted by Crippen LogP contribution is -2.43. The summed E-state index contributed by atoms with van der Waals surface area (Å²) >= 11 is 1.42. The molecular weight excluding hydrogens is 312 g/mol. The van der Waals surface area contributed by atoms with Crippen molar-refractivity contribution in [1.82, 2.24) is 9.62 Å². The van der Waals surface area contributed by atoms with Gasteiger partial charge < -0.3 is 10.1 Å². The largest absolute Gasteiger partial charge is 0.379 e. The van der Waals surface area contributed by atoms with Gasteiger partial charge >= 0.3 is 0 Å². The summed E-state index contributed by atoms with van der Waals surface area (Å²) in [4.78, 5) is 13.8. The van der Waals surface area contributed by atoms with Gasteiger partial charge in [0.15, 0.2) is 0 Å². The van der Waals surface area contributed by atoms with Crippen LogP contribution in [0.25, 0.3) is 0 Å². The van der Waals surface area contributed by atoms with Crippen molar-refractivity contribution in [1.29, 1.82) is 0 Å². The first-order chi connectivity index (χ1) is 9.79. The SMILES string of the molecule is Cc1ccc(C(=O)N[C@H]2COC[C@H]2CS(=O)(=O)N(C)C)s1. The Hall–Kier alpha value is -0.960. The fraction of sp³-hybridized carbons (Fsp3) is 0.615. The molecular formula is C13H20N2O4S2. The van der Waals surface area contributed by atoms with E-state index < -0.39 is 10.0 Å². The normalized spacial score (nSPS) is 22.7. The third-order valence-electron chi connectivity index (χ3n) is 3.46. The zero-order chi connectivity index (χ0) is 15.6. The van der Waals surface area contributed by atoms with Gasteiger partial charge in [-0.3, -0.25) is 4.79 Å². The Bertz CT molecular complexity index is 609. The molecule has 1 N–H and O–H groups in total. The number of sulfonamides is 1. The van der Waals surface area contributed by atoms with Gasteiger partial charge in [-0.2, -0.15) is 0 Å². The molecule has 21 heavy (non-hydrogen) atoms. The van der Waals surface area contributed by atoms with Crippen LogP contribution in [0.1, 0.15) is 14.5 Å². The van der Waals surface area contributed by atoms with Crippen LogP contribution >= 0.6 is 11.3 Å². The Kier molecular flexibility index (Phi) is 5.03. The summed E-state index contributed by atoms with van der Waals surface area (Å²) in [6.45, 7) is 2.64. The molecule has 1 aromatic heterocycles. The summed E-state index contributed by atoms with van der Waals surface area (Å²) in [6, 6.07) is 3.39. The van der Waals surface area contributed by atoms with E-state index in [4.69, 9.17) is 4.74 Å². The molecule has 1 saturated heterocycles. The van der Waals surface area contributed by atoms with Gasteiger partial charge in [0.05, 0.1) is 29.9 Å². The van der Waals surface area contributed by atoms with E-state index in [0.717, 1.165) is 4.88 Å². The fourth-order valence-electron chi connectivity index (χ4n) is 2.14. The highest BCUT2D eigenvalue weighted by atomic mass is 32.2. The highest BCUT2D eigenvalue weighted by Gasteiger charge is 2.34. The molecule has 118 valence electrons. The summed E-state index contributed by atoms with van der Waals surface area (Å²) in [5.41, 5.74) is 0. The van der Waals surface area contributed by atoms with Gasteiger partial charge in [-0.15, -0.1) is 11.3 Å². The van der Waals surface area contributed by atoms with E-state index in [0.29, 0.717) is 18.1 Å². The number of rotatable bonds is 5. The minimum atomic E-state index is -3.31. The second-order valence-corrected chi connectivity index (χ2v) is 8.86. The molecule has 0 saturated carbocycles. The topological polar surface area (TPSA) is 75.7 Å². The standard InChI is InChI=1S/C13H20N2O4S2/c1-9-4-5-12(20-9)13(16)14-11-7-19-6-10(11)8-21(17,18)15(2)3/h4-5,10-11H,6-8H2,1-3H3,(H,14,16)/t10-,11-/m0/s1. The molecule has 1 aliphatic rings. The highest BCUT2D eigenvalue weighted by molar-refractivity contribution is 7.89. The number of aryl methyl sites for hydroxylation is 1. The first-order valence-electron chi connectivity index (χ1n) is 6.65. The number of hydrogen-bond acceptors (Lipinski definition) is 5. The number of nitrogens with zero attached hydrogens (tertiary/aromatic N) is 1. The Labute approximate surface area is 129 Å². The fourth-order valence-corrected chi connectivity index (χ4v) is 4.08. The quantitative estimate of drug-likeness (QED) is 0.861. The molecule has 2 rings (SSSR count). The Balaban J connectivity index is 2.01. The summed E-state index contributed by atoms with van der Waals surface area (Å²) in [5.74, 6) is -0.410. The lowest BCUT2D eigenvalue weighted by Gasteiger charge is -2.20. The molecule has 8 heteroatoms. The van der Waals surface area contributed by atoms with Crippen molar-refractivity contribution >= 4 is 27.3 Å². The molecule has 1 amide bonds. The highest BCUT2D eigenvalue weighted by Crippen LogP contribution is 2.19. The first-order valence-corrected chi connectivity index (χ1v) is 9.07. The van der Waals surface area contributed by atoms with E-state index in [1.165, 1.54) is 29.7 Å². The lowest BCUT2D eigenvalue weighted by atomic mass is 10.1. The number of ether oxygens (including phenoxy) is 1. The van der Waals surface area contributed by atoms with Crippen molar-refractivity contribution in [3.63, 3.8) is 0 Å². The van der Waals surface area contributed by atoms with Gasteiger partial charge in [0.1, 0.15) is 0 Å². The first kappa shape index (κ1) is 16.4. The van der Waals surface area contributed by atoms with Crippen molar-refractivity contribution in [2.75, 3.05) is 33.1 Å². The lowest BCUT2D eigenvalue weighted by molar-refractivity contribution is 0.0930. The molecule has 2 atom stereocenters. The molecule has 1 fully saturated rings. The molecule has 1 aliphatic heterocycles. The average molecular weight is 332 g/mol. The maximum Gasteiger partial charge on any atom is 0.261 e. The van der Waals surface area contributed by atoms with Crippen molar-refractivity contribution in [3.8, 4) is 0 Å². The second-order valence-electron chi connectivity index (χ2n) is 5.35. The monoisotopic (exact) mass is 332 g/mol. The molecule has 2 heterocycles. The van der Waals surface area contributed by atoms with Crippen molar-refractivity contribution in [2.24, 2.45) is 5.92 Å². The predicted octanol–water partition coefficient (Wildman–Crippen LogP) is 0.693. The van der Waals surface area contributed by atoms with Gasteiger partial charge in [0, 0.05) is 24.9 Å². The summed E-state index contributed by atoms with van der Waals surface area (Å²) in [5, 5.41) is 2.88. The second kappa shape index (κ2) is 6.43. The number of amides is 1. The molecule has 0 aliphatic carbocycles. The maximum atomic E-state index is 12.1. The summed E-state index contributed by atoms with van der Waals surface area (Å²) < 4.78 is 30.4. The third-order valence-corrected chi connectivity index (χ3v) is 6.42. The minimum Gasteiger partial charge on any atom is -0.379 e. The van der Waals surface area contributed by atoms with E-state index in [1.807, 2.05) is 13.0 Å². The number of thiophene rings is 1. The summed E-state index contributed by atoms with van der Waals surface area (Å²) in [6.07, 6.45) is 0. The zero-order valence-electron chi connectivity index (χ0n) is 12.3. The molecule has 0 radical (unpaired) electrons. The van der Waals surface area contributed by atoms with Gasteiger partial charge in [0.2, 0.25) is 10.0 Å². The Morgan fingerprint density at radius 2 is 2.14 bits per heavy atom. The summed E-state index contributed by atoms with van der Waals surface area (Å²) in [7, 11) is -0.292. The van der Waals surface area contributed by atoms with E-state index in [-0.39, 0.29) is 23.6 Å². The van der Waals surface area contributed by atoms with Crippen LogP contribution in [0.3, 0.4) is 0 Å². The van der Waals surface area contributed by atoms with Crippen molar-refractivity contribution in [3.05, 3.63) is 21.9 Å². The average Bonchev–Trinajstić information content (AvgIpc) is 2.99. The third kappa shape index (κ3) is 4.03. The Morgan fingerprint density at radius 1 is 1.43 bits per heavy atom. The van der Waals surface area contributed by atoms with E-state index >= 15 is 0 Å². The smallest absolute Gasteiger partial charge is 0.261 e.